The number of rotatable bonds is 4. The monoisotopic (exact) mass is 208 g/mol. The van der Waals surface area contributed by atoms with Crippen molar-refractivity contribution in [1.82, 2.24) is 9.88 Å². The second-order valence-corrected chi connectivity index (χ2v) is 3.21. The SMILES string of the molecule is CN(C)CC=Nc1ccc([N+](=O)[O-])cn1. The van der Waals surface area contributed by atoms with Crippen LogP contribution in [0.2, 0.25) is 0 Å². The Morgan fingerprint density at radius 1 is 1.60 bits per heavy atom. The number of nitrogens with zero attached hydrogens (tertiary/aromatic N) is 4. The van der Waals surface area contributed by atoms with E-state index in [0.29, 0.717) is 12.4 Å². The Bertz CT molecular complexity index is 359. The fraction of sp³-hybridized carbons (Fsp3) is 0.333. The molecule has 0 radical (unpaired) electrons. The summed E-state index contributed by atoms with van der Waals surface area (Å²) in [5, 5.41) is 10.3. The highest BCUT2D eigenvalue weighted by atomic mass is 16.6. The third-order valence-electron chi connectivity index (χ3n) is 1.61. The highest BCUT2D eigenvalue weighted by molar-refractivity contribution is 5.63. The average Bonchev–Trinajstić information content (AvgIpc) is 2.18. The number of nitro groups is 1. The molecule has 0 aliphatic rings. The van der Waals surface area contributed by atoms with Crippen LogP contribution in [0.3, 0.4) is 0 Å². The zero-order valence-electron chi connectivity index (χ0n) is 8.62. The molecule has 0 bridgehead atoms. The third kappa shape index (κ3) is 3.82. The van der Waals surface area contributed by atoms with Crippen LogP contribution in [0, 0.1) is 10.1 Å². The van der Waals surface area contributed by atoms with Gasteiger partial charge in [0.15, 0.2) is 5.82 Å². The first-order chi connectivity index (χ1) is 7.09. The number of aliphatic imine (C=N–C) groups is 1. The van der Waals surface area contributed by atoms with Crippen molar-refractivity contribution in [2.24, 2.45) is 4.99 Å². The molecule has 1 heterocycles. The Hall–Kier alpha value is -1.82. The van der Waals surface area contributed by atoms with E-state index in [0.717, 1.165) is 0 Å². The van der Waals surface area contributed by atoms with Crippen molar-refractivity contribution in [3.63, 3.8) is 0 Å². The molecule has 80 valence electrons. The van der Waals surface area contributed by atoms with Gasteiger partial charge in [0.1, 0.15) is 6.20 Å². The first kappa shape index (κ1) is 11.3. The molecule has 15 heavy (non-hydrogen) atoms. The van der Waals surface area contributed by atoms with Crippen molar-refractivity contribution in [3.8, 4) is 0 Å². The third-order valence-corrected chi connectivity index (χ3v) is 1.61. The summed E-state index contributed by atoms with van der Waals surface area (Å²) < 4.78 is 0. The van der Waals surface area contributed by atoms with Crippen LogP contribution in [0.15, 0.2) is 23.3 Å². The van der Waals surface area contributed by atoms with E-state index in [2.05, 4.69) is 9.98 Å². The van der Waals surface area contributed by atoms with Gasteiger partial charge in [-0.05, 0) is 20.2 Å². The van der Waals surface area contributed by atoms with Gasteiger partial charge in [-0.2, -0.15) is 0 Å². The highest BCUT2D eigenvalue weighted by Crippen LogP contribution is 2.13. The van der Waals surface area contributed by atoms with E-state index in [1.807, 2.05) is 19.0 Å². The van der Waals surface area contributed by atoms with Crippen LogP contribution in [0.1, 0.15) is 0 Å². The maximum absolute atomic E-state index is 10.3. The zero-order chi connectivity index (χ0) is 11.3. The lowest BCUT2D eigenvalue weighted by atomic mass is 10.4. The number of pyridine rings is 1. The van der Waals surface area contributed by atoms with Crippen LogP contribution in [0.25, 0.3) is 0 Å². The van der Waals surface area contributed by atoms with Gasteiger partial charge in [-0.15, -0.1) is 0 Å². The number of hydrogen-bond acceptors (Lipinski definition) is 5. The molecular formula is C9H12N4O2. The maximum atomic E-state index is 10.3. The molecule has 0 saturated carbocycles. The van der Waals surface area contributed by atoms with Gasteiger partial charge >= 0.3 is 0 Å². The predicted molar refractivity (Wildman–Crippen MR) is 57.6 cm³/mol. The van der Waals surface area contributed by atoms with Crippen LogP contribution in [-0.4, -0.2) is 41.7 Å². The van der Waals surface area contributed by atoms with Crippen LogP contribution < -0.4 is 0 Å². The van der Waals surface area contributed by atoms with Gasteiger partial charge in [0.05, 0.1) is 4.92 Å². The molecule has 0 amide bonds. The van der Waals surface area contributed by atoms with Gasteiger partial charge in [0, 0.05) is 18.8 Å². The van der Waals surface area contributed by atoms with Crippen LogP contribution >= 0.6 is 0 Å². The van der Waals surface area contributed by atoms with Crippen molar-refractivity contribution in [2.75, 3.05) is 20.6 Å². The van der Waals surface area contributed by atoms with Crippen molar-refractivity contribution in [2.45, 2.75) is 0 Å². The van der Waals surface area contributed by atoms with Gasteiger partial charge < -0.3 is 4.90 Å². The summed E-state index contributed by atoms with van der Waals surface area (Å²) in [7, 11) is 3.85. The minimum atomic E-state index is -0.486. The Kier molecular flexibility index (Phi) is 3.87. The molecule has 6 heteroatoms. The second kappa shape index (κ2) is 5.16. The van der Waals surface area contributed by atoms with E-state index < -0.39 is 4.92 Å². The molecule has 1 rings (SSSR count). The van der Waals surface area contributed by atoms with Gasteiger partial charge in [-0.1, -0.05) is 0 Å². The standard InChI is InChI=1S/C9H12N4O2/c1-12(2)6-5-10-9-4-3-8(7-11-9)13(14)15/h3-5,7H,6H2,1-2H3. The summed E-state index contributed by atoms with van der Waals surface area (Å²) in [6, 6.07) is 2.90. The lowest BCUT2D eigenvalue weighted by molar-refractivity contribution is -0.385. The normalized spacial score (nSPS) is 11.1. The molecule has 0 spiro atoms. The lowest BCUT2D eigenvalue weighted by Crippen LogP contribution is -2.13. The summed E-state index contributed by atoms with van der Waals surface area (Å²) in [5.74, 6) is 0.474. The van der Waals surface area contributed by atoms with Crippen molar-refractivity contribution in [3.05, 3.63) is 28.4 Å². The van der Waals surface area contributed by atoms with E-state index >= 15 is 0 Å². The Morgan fingerprint density at radius 3 is 2.80 bits per heavy atom. The molecule has 0 saturated heterocycles. The Balaban J connectivity index is 2.64. The smallest absolute Gasteiger partial charge is 0.287 e. The highest BCUT2D eigenvalue weighted by Gasteiger charge is 2.03. The number of aromatic nitrogens is 1. The average molecular weight is 208 g/mol. The van der Waals surface area contributed by atoms with E-state index in [1.54, 1.807) is 6.21 Å². The molecule has 0 aliphatic heterocycles. The summed E-state index contributed by atoms with van der Waals surface area (Å²) in [4.78, 5) is 19.7. The van der Waals surface area contributed by atoms with E-state index in [1.165, 1.54) is 18.3 Å². The molecule has 0 aliphatic carbocycles. The molecule has 1 aromatic rings. The largest absolute Gasteiger partial charge is 0.304 e. The molecule has 0 atom stereocenters. The van der Waals surface area contributed by atoms with Crippen LogP contribution in [0.4, 0.5) is 11.5 Å². The fourth-order valence-corrected chi connectivity index (χ4v) is 0.860. The number of hydrogen-bond donors (Lipinski definition) is 0. The second-order valence-electron chi connectivity index (χ2n) is 3.21. The van der Waals surface area contributed by atoms with Crippen molar-refractivity contribution in [1.29, 1.82) is 0 Å². The molecule has 1 aromatic heterocycles. The lowest BCUT2D eigenvalue weighted by Gasteiger charge is -2.02. The summed E-state index contributed by atoms with van der Waals surface area (Å²) in [6.45, 7) is 0.707. The molecule has 0 fully saturated rings. The summed E-state index contributed by atoms with van der Waals surface area (Å²) in [5.41, 5.74) is -0.0263. The quantitative estimate of drug-likeness (QED) is 0.424. The maximum Gasteiger partial charge on any atom is 0.287 e. The van der Waals surface area contributed by atoms with Crippen LogP contribution in [-0.2, 0) is 0 Å². The van der Waals surface area contributed by atoms with E-state index in [-0.39, 0.29) is 5.69 Å². The molecule has 0 aromatic carbocycles. The minimum Gasteiger partial charge on any atom is -0.304 e. The molecule has 0 N–H and O–H groups in total. The van der Waals surface area contributed by atoms with Gasteiger partial charge in [-0.3, -0.25) is 10.1 Å². The Labute approximate surface area is 87.4 Å². The van der Waals surface area contributed by atoms with Gasteiger partial charge in [0.25, 0.3) is 5.69 Å². The van der Waals surface area contributed by atoms with Crippen molar-refractivity contribution >= 4 is 17.7 Å². The predicted octanol–water partition coefficient (Wildman–Crippen LogP) is 1.25. The zero-order valence-corrected chi connectivity index (χ0v) is 8.62. The van der Waals surface area contributed by atoms with E-state index in [4.69, 9.17) is 0 Å². The van der Waals surface area contributed by atoms with E-state index in [9.17, 15) is 10.1 Å². The van der Waals surface area contributed by atoms with Crippen LogP contribution in [0.5, 0.6) is 0 Å². The van der Waals surface area contributed by atoms with Crippen molar-refractivity contribution < 1.29 is 4.92 Å². The molecular weight excluding hydrogens is 196 g/mol. The fourth-order valence-electron chi connectivity index (χ4n) is 0.860. The Morgan fingerprint density at radius 2 is 2.33 bits per heavy atom. The van der Waals surface area contributed by atoms with Gasteiger partial charge in [-0.25, -0.2) is 9.98 Å². The summed E-state index contributed by atoms with van der Waals surface area (Å²) >= 11 is 0. The molecule has 0 unspecified atom stereocenters. The van der Waals surface area contributed by atoms with Gasteiger partial charge in [0.2, 0.25) is 0 Å². The molecule has 6 nitrogen and oxygen atoms in total. The first-order valence-electron chi connectivity index (χ1n) is 4.37. The summed E-state index contributed by atoms with van der Waals surface area (Å²) in [6.07, 6.45) is 2.90. The topological polar surface area (TPSA) is 71.6 Å². The minimum absolute atomic E-state index is 0.0263. The first-order valence-corrected chi connectivity index (χ1v) is 4.37.